The van der Waals surface area contributed by atoms with Crippen molar-refractivity contribution in [1.29, 1.82) is 0 Å². The molecule has 11 heteroatoms. The molecular weight excluding hydrogens is 466 g/mol. The van der Waals surface area contributed by atoms with Gasteiger partial charge in [-0.2, -0.15) is 11.8 Å². The van der Waals surface area contributed by atoms with Gasteiger partial charge in [0.15, 0.2) is 11.5 Å². The van der Waals surface area contributed by atoms with Crippen LogP contribution in [0, 0.1) is 0 Å². The lowest BCUT2D eigenvalue weighted by Gasteiger charge is -2.17. The molecule has 1 aromatic carbocycles. The van der Waals surface area contributed by atoms with Crippen LogP contribution in [0.25, 0.3) is 5.65 Å². The molecule has 3 aromatic heterocycles. The van der Waals surface area contributed by atoms with Crippen molar-refractivity contribution in [2.45, 2.75) is 16.7 Å². The van der Waals surface area contributed by atoms with E-state index in [2.05, 4.69) is 20.2 Å². The van der Waals surface area contributed by atoms with E-state index in [9.17, 15) is 13.2 Å². The molecule has 166 valence electrons. The summed E-state index contributed by atoms with van der Waals surface area (Å²) in [5.74, 6) is 1.25. The second-order valence-electron chi connectivity index (χ2n) is 6.91. The Morgan fingerprint density at radius 3 is 2.66 bits per heavy atom. The summed E-state index contributed by atoms with van der Waals surface area (Å²) >= 11 is 2.83. The molecule has 1 atom stereocenters. The van der Waals surface area contributed by atoms with E-state index in [1.54, 1.807) is 47.5 Å². The molecule has 0 bridgehead atoms. The van der Waals surface area contributed by atoms with E-state index < -0.39 is 10.0 Å². The molecule has 4 aromatic rings. The maximum atomic E-state index is 12.9. The third-order valence-electron chi connectivity index (χ3n) is 4.73. The Balaban J connectivity index is 1.50. The van der Waals surface area contributed by atoms with Crippen molar-refractivity contribution in [1.82, 2.24) is 19.9 Å². The minimum atomic E-state index is -3.64. The Morgan fingerprint density at radius 1 is 1.12 bits per heavy atom. The van der Waals surface area contributed by atoms with E-state index in [1.165, 1.54) is 6.07 Å². The number of nitrogens with one attached hydrogen (secondary N) is 2. The summed E-state index contributed by atoms with van der Waals surface area (Å²) in [5, 5.41) is 13.2. The average Bonchev–Trinajstić information content (AvgIpc) is 3.47. The van der Waals surface area contributed by atoms with Crippen molar-refractivity contribution < 1.29 is 13.2 Å². The van der Waals surface area contributed by atoms with Crippen molar-refractivity contribution >= 4 is 50.4 Å². The standard InChI is InChI=1S/C21H21N5O3S3/c1-30-14-11-17(20-24-23-18-5-2-3-12-26(18)20)22-21(27)15-7-9-16(10-8-15)25-32(28,29)19-6-4-13-31-19/h2-10,12-13,17,25H,11,14H2,1H3,(H,22,27). The monoisotopic (exact) mass is 487 g/mol. The second-order valence-corrected chi connectivity index (χ2v) is 10.8. The molecule has 0 aliphatic rings. The number of sulfonamides is 1. The number of nitrogens with zero attached hydrogens (tertiary/aromatic N) is 3. The number of hydrogen-bond donors (Lipinski definition) is 2. The summed E-state index contributed by atoms with van der Waals surface area (Å²) in [5.41, 5.74) is 1.53. The molecule has 4 rings (SSSR count). The van der Waals surface area contributed by atoms with Gasteiger partial charge >= 0.3 is 0 Å². The number of rotatable bonds is 9. The molecule has 0 spiro atoms. The Labute approximate surface area is 194 Å². The van der Waals surface area contributed by atoms with Gasteiger partial charge in [-0.25, -0.2) is 8.42 Å². The van der Waals surface area contributed by atoms with Gasteiger partial charge in [-0.3, -0.25) is 13.9 Å². The molecule has 2 N–H and O–H groups in total. The van der Waals surface area contributed by atoms with E-state index in [-0.39, 0.29) is 16.2 Å². The molecule has 1 amide bonds. The van der Waals surface area contributed by atoms with Gasteiger partial charge in [-0.05, 0) is 66.3 Å². The predicted octanol–water partition coefficient (Wildman–Crippen LogP) is 3.82. The third kappa shape index (κ3) is 4.95. The van der Waals surface area contributed by atoms with Crippen LogP contribution in [0.15, 0.2) is 70.4 Å². The van der Waals surface area contributed by atoms with Crippen molar-refractivity contribution in [3.8, 4) is 0 Å². The first-order chi connectivity index (χ1) is 15.5. The molecular formula is C21H21N5O3S3. The lowest BCUT2D eigenvalue weighted by atomic mass is 10.1. The van der Waals surface area contributed by atoms with Gasteiger partial charge in [0.1, 0.15) is 4.21 Å². The summed E-state index contributed by atoms with van der Waals surface area (Å²) in [7, 11) is -3.64. The maximum absolute atomic E-state index is 12.9. The Bertz CT molecular complexity index is 1300. The quantitative estimate of drug-likeness (QED) is 0.372. The summed E-state index contributed by atoms with van der Waals surface area (Å²) in [6, 6.07) is 14.9. The lowest BCUT2D eigenvalue weighted by molar-refractivity contribution is 0.0934. The van der Waals surface area contributed by atoms with E-state index >= 15 is 0 Å². The molecule has 0 aliphatic heterocycles. The summed E-state index contributed by atoms with van der Waals surface area (Å²) in [6.07, 6.45) is 4.58. The number of thiophene rings is 1. The van der Waals surface area contributed by atoms with Gasteiger partial charge in [0.2, 0.25) is 0 Å². The van der Waals surface area contributed by atoms with Crippen LogP contribution in [-0.4, -0.2) is 40.9 Å². The van der Waals surface area contributed by atoms with Gasteiger partial charge in [-0.15, -0.1) is 21.5 Å². The average molecular weight is 488 g/mol. The molecule has 0 fully saturated rings. The molecule has 0 radical (unpaired) electrons. The van der Waals surface area contributed by atoms with Crippen LogP contribution in [0.5, 0.6) is 0 Å². The summed E-state index contributed by atoms with van der Waals surface area (Å²) in [4.78, 5) is 12.9. The van der Waals surface area contributed by atoms with E-state index in [1.807, 2.05) is 35.1 Å². The molecule has 0 aliphatic carbocycles. The summed E-state index contributed by atoms with van der Waals surface area (Å²) in [6.45, 7) is 0. The van der Waals surface area contributed by atoms with E-state index in [0.717, 1.165) is 17.1 Å². The molecule has 0 saturated heterocycles. The van der Waals surface area contributed by atoms with Crippen molar-refractivity contribution in [3.63, 3.8) is 0 Å². The molecule has 32 heavy (non-hydrogen) atoms. The Morgan fingerprint density at radius 2 is 1.94 bits per heavy atom. The van der Waals surface area contributed by atoms with Gasteiger partial charge < -0.3 is 5.32 Å². The SMILES string of the molecule is CSCCC(NC(=O)c1ccc(NS(=O)(=O)c2cccs2)cc1)c1nnc2ccccn12. The zero-order valence-corrected chi connectivity index (χ0v) is 19.6. The Kier molecular flexibility index (Phi) is 6.77. The van der Waals surface area contributed by atoms with E-state index in [4.69, 9.17) is 0 Å². The highest BCUT2D eigenvalue weighted by atomic mass is 32.2. The van der Waals surface area contributed by atoms with E-state index in [0.29, 0.717) is 29.1 Å². The first-order valence-electron chi connectivity index (χ1n) is 9.74. The molecule has 1 unspecified atom stereocenters. The molecule has 3 heterocycles. The topological polar surface area (TPSA) is 105 Å². The van der Waals surface area contributed by atoms with Crippen molar-refractivity contribution in [3.05, 3.63) is 77.6 Å². The molecule has 0 saturated carbocycles. The number of benzene rings is 1. The number of pyridine rings is 1. The van der Waals surface area contributed by atoms with Crippen LogP contribution in [0.2, 0.25) is 0 Å². The fourth-order valence-electron chi connectivity index (χ4n) is 3.15. The highest BCUT2D eigenvalue weighted by Crippen LogP contribution is 2.22. The first-order valence-corrected chi connectivity index (χ1v) is 13.5. The number of carbonyl (C=O) groups is 1. The number of carbonyl (C=O) groups excluding carboxylic acids is 1. The Hall–Kier alpha value is -2.89. The highest BCUT2D eigenvalue weighted by molar-refractivity contribution is 7.98. The predicted molar refractivity (Wildman–Crippen MR) is 128 cm³/mol. The van der Waals surface area contributed by atoms with Gasteiger partial charge in [0, 0.05) is 17.4 Å². The van der Waals surface area contributed by atoms with Gasteiger partial charge in [0.25, 0.3) is 15.9 Å². The number of anilines is 1. The number of amides is 1. The van der Waals surface area contributed by atoms with Crippen LogP contribution in [0.3, 0.4) is 0 Å². The number of fused-ring (bicyclic) bond motifs is 1. The summed E-state index contributed by atoms with van der Waals surface area (Å²) < 4.78 is 29.4. The van der Waals surface area contributed by atoms with Crippen LogP contribution >= 0.6 is 23.1 Å². The minimum Gasteiger partial charge on any atom is -0.342 e. The third-order valence-corrected chi connectivity index (χ3v) is 8.15. The fraction of sp³-hybridized carbons (Fsp3) is 0.190. The zero-order chi connectivity index (χ0) is 22.6. The van der Waals surface area contributed by atoms with Crippen LogP contribution < -0.4 is 10.0 Å². The first kappa shape index (κ1) is 22.3. The molecule has 8 nitrogen and oxygen atoms in total. The fourth-order valence-corrected chi connectivity index (χ4v) is 5.67. The maximum Gasteiger partial charge on any atom is 0.271 e. The second kappa shape index (κ2) is 9.72. The van der Waals surface area contributed by atoms with Crippen molar-refractivity contribution in [2.24, 2.45) is 0 Å². The van der Waals surface area contributed by atoms with Crippen LogP contribution in [0.4, 0.5) is 5.69 Å². The number of hydrogen-bond acceptors (Lipinski definition) is 7. The van der Waals surface area contributed by atoms with Gasteiger partial charge in [-0.1, -0.05) is 12.1 Å². The number of aromatic nitrogens is 3. The van der Waals surface area contributed by atoms with Crippen LogP contribution in [-0.2, 0) is 10.0 Å². The number of thioether (sulfide) groups is 1. The normalized spacial score (nSPS) is 12.5. The van der Waals surface area contributed by atoms with Crippen molar-refractivity contribution in [2.75, 3.05) is 16.7 Å². The smallest absolute Gasteiger partial charge is 0.271 e. The zero-order valence-electron chi connectivity index (χ0n) is 17.1. The minimum absolute atomic E-state index is 0.233. The lowest BCUT2D eigenvalue weighted by Crippen LogP contribution is -2.30. The van der Waals surface area contributed by atoms with Gasteiger partial charge in [0.05, 0.1) is 6.04 Å². The largest absolute Gasteiger partial charge is 0.342 e. The van der Waals surface area contributed by atoms with Crippen LogP contribution in [0.1, 0.15) is 28.6 Å². The highest BCUT2D eigenvalue weighted by Gasteiger charge is 2.21.